The summed E-state index contributed by atoms with van der Waals surface area (Å²) in [4.78, 5) is 30.1. The number of amides is 2. The van der Waals surface area contributed by atoms with Gasteiger partial charge in [-0.1, -0.05) is 12.5 Å². The summed E-state index contributed by atoms with van der Waals surface area (Å²) >= 11 is 0. The number of β-lactam (4-membered cyclic amide) rings is 1. The second-order valence-corrected chi connectivity index (χ2v) is 9.08. The molecule has 32 heavy (non-hydrogen) atoms. The van der Waals surface area contributed by atoms with E-state index in [-0.39, 0.29) is 24.6 Å². The Bertz CT molecular complexity index is 1030. The number of nitrogens with zero attached hydrogens (tertiary/aromatic N) is 2. The van der Waals surface area contributed by atoms with Crippen LogP contribution in [0, 0.1) is 0 Å². The van der Waals surface area contributed by atoms with Crippen molar-refractivity contribution in [1.29, 1.82) is 0 Å². The summed E-state index contributed by atoms with van der Waals surface area (Å²) in [5, 5.41) is 3.28. The zero-order valence-electron chi connectivity index (χ0n) is 18.6. The Balaban J connectivity index is 1.41. The smallest absolute Gasteiger partial charge is 0.253 e. The van der Waals surface area contributed by atoms with E-state index in [2.05, 4.69) is 5.32 Å². The molecule has 2 aliphatic heterocycles. The van der Waals surface area contributed by atoms with Crippen molar-refractivity contribution in [3.63, 3.8) is 0 Å². The van der Waals surface area contributed by atoms with Crippen molar-refractivity contribution in [2.24, 2.45) is 0 Å². The maximum absolute atomic E-state index is 13.2. The van der Waals surface area contributed by atoms with Gasteiger partial charge in [0.2, 0.25) is 12.7 Å². The summed E-state index contributed by atoms with van der Waals surface area (Å²) in [6.45, 7) is 0.221. The molecule has 0 spiro atoms. The lowest BCUT2D eigenvalue weighted by Crippen LogP contribution is -2.68. The van der Waals surface area contributed by atoms with Crippen molar-refractivity contribution in [3.05, 3.63) is 53.6 Å². The van der Waals surface area contributed by atoms with Crippen LogP contribution in [-0.2, 0) is 4.79 Å². The Hall–Kier alpha value is -3.22. The molecule has 1 aliphatic carbocycles. The van der Waals surface area contributed by atoms with E-state index in [1.54, 1.807) is 0 Å². The lowest BCUT2D eigenvalue weighted by molar-refractivity contribution is -0.162. The summed E-state index contributed by atoms with van der Waals surface area (Å²) in [7, 11) is 3.94. The van der Waals surface area contributed by atoms with E-state index in [4.69, 9.17) is 9.47 Å². The highest BCUT2D eigenvalue weighted by atomic mass is 16.7. The fourth-order valence-electron chi connectivity index (χ4n) is 5.10. The van der Waals surface area contributed by atoms with Gasteiger partial charge in [-0.3, -0.25) is 9.59 Å². The predicted octanol–water partition coefficient (Wildman–Crippen LogP) is 3.85. The molecule has 2 amide bonds. The minimum absolute atomic E-state index is 0.0773. The number of hydrogen-bond acceptors (Lipinski definition) is 5. The number of benzene rings is 2. The minimum Gasteiger partial charge on any atom is -0.454 e. The van der Waals surface area contributed by atoms with Crippen LogP contribution >= 0.6 is 0 Å². The maximum Gasteiger partial charge on any atom is 0.253 e. The van der Waals surface area contributed by atoms with Crippen molar-refractivity contribution < 1.29 is 19.1 Å². The van der Waals surface area contributed by atoms with Crippen LogP contribution in [0.25, 0.3) is 0 Å². The predicted molar refractivity (Wildman–Crippen MR) is 121 cm³/mol. The molecule has 1 N–H and O–H groups in total. The lowest BCUT2D eigenvalue weighted by Gasteiger charge is -2.55. The SMILES string of the molecule is CN(C)c1ccc(C(=O)NC2(N3C(=O)C[C@@H]3c3ccc4c(c3)OCO4)CCCCC2)cc1. The van der Waals surface area contributed by atoms with Gasteiger partial charge in [0, 0.05) is 25.3 Å². The maximum atomic E-state index is 13.2. The third kappa shape index (κ3) is 3.55. The molecule has 2 aromatic rings. The Morgan fingerprint density at radius 3 is 2.44 bits per heavy atom. The van der Waals surface area contributed by atoms with E-state index in [0.717, 1.165) is 49.1 Å². The molecule has 1 saturated heterocycles. The first-order chi connectivity index (χ1) is 15.5. The monoisotopic (exact) mass is 435 g/mol. The number of carbonyl (C=O) groups is 2. The number of hydrogen-bond donors (Lipinski definition) is 1. The number of anilines is 1. The molecule has 3 aliphatic rings. The Morgan fingerprint density at radius 1 is 1.03 bits per heavy atom. The molecule has 2 fully saturated rings. The van der Waals surface area contributed by atoms with Gasteiger partial charge in [0.15, 0.2) is 11.5 Å². The molecule has 5 rings (SSSR count). The fourth-order valence-corrected chi connectivity index (χ4v) is 5.10. The zero-order chi connectivity index (χ0) is 22.3. The van der Waals surface area contributed by atoms with E-state index >= 15 is 0 Å². The van der Waals surface area contributed by atoms with Crippen LogP contribution < -0.4 is 19.7 Å². The van der Waals surface area contributed by atoms with Crippen LogP contribution in [-0.4, -0.2) is 43.3 Å². The highest BCUT2D eigenvalue weighted by Crippen LogP contribution is 2.47. The largest absolute Gasteiger partial charge is 0.454 e. The summed E-state index contributed by atoms with van der Waals surface area (Å²) in [5.41, 5.74) is 2.00. The molecule has 0 aromatic heterocycles. The highest BCUT2D eigenvalue weighted by Gasteiger charge is 2.51. The fraction of sp³-hybridized carbons (Fsp3) is 0.440. The standard InChI is InChI=1S/C25H29N3O4/c1-27(2)19-9-6-17(7-10-19)24(30)26-25(12-4-3-5-13-25)28-20(15-23(28)29)18-8-11-21-22(14-18)32-16-31-21/h6-11,14,20H,3-5,12-13,15-16H2,1-2H3,(H,26,30)/t20-/m1/s1. The summed E-state index contributed by atoms with van der Waals surface area (Å²) in [6, 6.07) is 13.3. The van der Waals surface area contributed by atoms with Gasteiger partial charge in [-0.25, -0.2) is 0 Å². The molecule has 168 valence electrons. The summed E-state index contributed by atoms with van der Waals surface area (Å²) in [5.74, 6) is 1.39. The second-order valence-electron chi connectivity index (χ2n) is 9.08. The van der Waals surface area contributed by atoms with Crippen molar-refractivity contribution >= 4 is 17.5 Å². The Morgan fingerprint density at radius 2 is 1.75 bits per heavy atom. The number of ether oxygens (including phenoxy) is 2. The van der Waals surface area contributed by atoms with Crippen LogP contribution in [0.3, 0.4) is 0 Å². The number of carbonyl (C=O) groups excluding carboxylic acids is 2. The third-order valence-corrected chi connectivity index (χ3v) is 6.86. The molecule has 7 nitrogen and oxygen atoms in total. The van der Waals surface area contributed by atoms with Crippen LogP contribution in [0.4, 0.5) is 5.69 Å². The molecular weight excluding hydrogens is 406 g/mol. The molecule has 2 aromatic carbocycles. The number of rotatable bonds is 5. The van der Waals surface area contributed by atoms with Gasteiger partial charge in [-0.05, 0) is 67.6 Å². The van der Waals surface area contributed by atoms with Gasteiger partial charge in [-0.2, -0.15) is 0 Å². The number of nitrogens with one attached hydrogen (secondary N) is 1. The molecule has 2 heterocycles. The average molecular weight is 436 g/mol. The molecule has 0 radical (unpaired) electrons. The first-order valence-corrected chi connectivity index (χ1v) is 11.3. The normalized spacial score (nSPS) is 21.1. The Labute approximate surface area is 188 Å². The first-order valence-electron chi connectivity index (χ1n) is 11.3. The van der Waals surface area contributed by atoms with Crippen molar-refractivity contribution in [2.75, 3.05) is 25.8 Å². The Kier molecular flexibility index (Phi) is 5.19. The van der Waals surface area contributed by atoms with Crippen LogP contribution in [0.5, 0.6) is 11.5 Å². The van der Waals surface area contributed by atoms with Crippen molar-refractivity contribution in [2.45, 2.75) is 50.2 Å². The van der Waals surface area contributed by atoms with E-state index in [1.165, 1.54) is 0 Å². The van der Waals surface area contributed by atoms with Gasteiger partial charge >= 0.3 is 0 Å². The van der Waals surface area contributed by atoms with E-state index in [9.17, 15) is 9.59 Å². The lowest BCUT2D eigenvalue weighted by atomic mass is 9.81. The third-order valence-electron chi connectivity index (χ3n) is 6.86. The zero-order valence-corrected chi connectivity index (χ0v) is 18.6. The van der Waals surface area contributed by atoms with Gasteiger partial charge in [0.1, 0.15) is 5.66 Å². The van der Waals surface area contributed by atoms with Crippen LogP contribution in [0.15, 0.2) is 42.5 Å². The van der Waals surface area contributed by atoms with Crippen LogP contribution in [0.1, 0.15) is 60.5 Å². The number of likely N-dealkylation sites (tertiary alicyclic amines) is 1. The molecule has 1 atom stereocenters. The minimum atomic E-state index is -0.661. The van der Waals surface area contributed by atoms with Gasteiger partial charge < -0.3 is 24.6 Å². The van der Waals surface area contributed by atoms with Crippen LogP contribution in [0.2, 0.25) is 0 Å². The van der Waals surface area contributed by atoms with E-state index < -0.39 is 5.66 Å². The first kappa shape index (κ1) is 20.7. The van der Waals surface area contributed by atoms with Gasteiger partial charge in [0.05, 0.1) is 12.5 Å². The second kappa shape index (κ2) is 8.04. The molecule has 0 unspecified atom stereocenters. The molecule has 1 saturated carbocycles. The molecule has 0 bridgehead atoms. The summed E-state index contributed by atoms with van der Waals surface area (Å²) < 4.78 is 11.0. The average Bonchev–Trinajstić information content (AvgIpc) is 3.25. The van der Waals surface area contributed by atoms with Gasteiger partial charge in [0.25, 0.3) is 5.91 Å². The molecular formula is C25H29N3O4. The van der Waals surface area contributed by atoms with E-state index in [1.807, 2.05) is 66.4 Å². The highest BCUT2D eigenvalue weighted by molar-refractivity contribution is 5.95. The topological polar surface area (TPSA) is 71.1 Å². The van der Waals surface area contributed by atoms with Crippen molar-refractivity contribution in [1.82, 2.24) is 10.2 Å². The number of fused-ring (bicyclic) bond motifs is 1. The van der Waals surface area contributed by atoms with E-state index in [0.29, 0.717) is 17.7 Å². The summed E-state index contributed by atoms with van der Waals surface area (Å²) in [6.07, 6.45) is 5.05. The quantitative estimate of drug-likeness (QED) is 0.723. The van der Waals surface area contributed by atoms with Crippen molar-refractivity contribution in [3.8, 4) is 11.5 Å². The molecule has 7 heteroatoms. The van der Waals surface area contributed by atoms with Gasteiger partial charge in [-0.15, -0.1) is 0 Å².